The molecule has 0 spiro atoms. The summed E-state index contributed by atoms with van der Waals surface area (Å²) in [4.78, 5) is 7.12. The number of nitrogens with one attached hydrogen (secondary N) is 1. The van der Waals surface area contributed by atoms with Gasteiger partial charge in [0.2, 0.25) is 5.95 Å². The average molecular weight is 481 g/mol. The first kappa shape index (κ1) is 15.8. The maximum Gasteiger partial charge on any atom is 0.206 e. The van der Waals surface area contributed by atoms with Crippen LogP contribution in [-0.4, -0.2) is 36.7 Å². The largest absolute Gasteiger partial charge is 0.344 e. The maximum absolute atomic E-state index is 4.90. The predicted octanol–water partition coefficient (Wildman–Crippen LogP) is 3.93. The summed E-state index contributed by atoms with van der Waals surface area (Å²) < 4.78 is 5.58. The third kappa shape index (κ3) is 2.56. The molecule has 0 bridgehead atoms. The summed E-state index contributed by atoms with van der Waals surface area (Å²) in [6.45, 7) is 2.92. The van der Waals surface area contributed by atoms with Crippen molar-refractivity contribution in [1.29, 1.82) is 0 Å². The minimum Gasteiger partial charge on any atom is -0.344 e. The van der Waals surface area contributed by atoms with E-state index in [2.05, 4.69) is 69.6 Å². The van der Waals surface area contributed by atoms with Gasteiger partial charge in [-0.25, -0.2) is 4.98 Å². The van der Waals surface area contributed by atoms with Crippen molar-refractivity contribution in [2.24, 2.45) is 0 Å². The molecule has 0 unspecified atom stereocenters. The first-order chi connectivity index (χ1) is 10.1. The van der Waals surface area contributed by atoms with E-state index in [9.17, 15) is 0 Å². The maximum atomic E-state index is 4.90. The summed E-state index contributed by atoms with van der Waals surface area (Å²) >= 11 is 11.1. The highest BCUT2D eigenvalue weighted by Gasteiger charge is 2.25. The molecule has 0 radical (unpaired) electrons. The Morgan fingerprint density at radius 2 is 2.00 bits per heavy atom. The number of likely N-dealkylation sites (N-methyl/N-ethyl adjacent to an activating group) is 2. The molecule has 0 fully saturated rings. The lowest BCUT2D eigenvalue weighted by atomic mass is 10.0. The second-order valence-corrected chi connectivity index (χ2v) is 7.69. The monoisotopic (exact) mass is 478 g/mol. The normalized spacial score (nSPS) is 14.0. The van der Waals surface area contributed by atoms with Gasteiger partial charge in [-0.1, -0.05) is 0 Å². The molecular formula is C14H17Br3N4. The van der Waals surface area contributed by atoms with Crippen LogP contribution in [0.4, 0.5) is 5.95 Å². The Kier molecular flexibility index (Phi) is 4.64. The Hall–Kier alpha value is -0.110. The summed E-state index contributed by atoms with van der Waals surface area (Å²) in [5.74, 6) is 1.05. The minimum atomic E-state index is 0.940. The van der Waals surface area contributed by atoms with Crippen LogP contribution >= 0.6 is 47.8 Å². The SMILES string of the molecule is CNCCN(C)c1nc2c(Br)c(Br)c(Br)c3c2n1CCC3. The molecule has 0 saturated carbocycles. The van der Waals surface area contributed by atoms with E-state index in [0.717, 1.165) is 57.4 Å². The highest BCUT2D eigenvalue weighted by atomic mass is 79.9. The molecule has 1 aliphatic rings. The molecule has 21 heavy (non-hydrogen) atoms. The number of hydrogen-bond acceptors (Lipinski definition) is 3. The van der Waals surface area contributed by atoms with Gasteiger partial charge in [0.15, 0.2) is 0 Å². The molecule has 1 N–H and O–H groups in total. The number of aryl methyl sites for hydroxylation is 2. The van der Waals surface area contributed by atoms with Crippen molar-refractivity contribution in [3.05, 3.63) is 19.0 Å². The van der Waals surface area contributed by atoms with E-state index in [1.165, 1.54) is 11.1 Å². The Balaban J connectivity index is 2.21. The third-order valence-corrected chi connectivity index (χ3v) is 7.44. The van der Waals surface area contributed by atoms with E-state index in [1.54, 1.807) is 0 Å². The van der Waals surface area contributed by atoms with Crippen molar-refractivity contribution in [3.8, 4) is 0 Å². The van der Waals surface area contributed by atoms with E-state index in [-0.39, 0.29) is 0 Å². The molecule has 0 aliphatic carbocycles. The first-order valence-electron chi connectivity index (χ1n) is 6.97. The van der Waals surface area contributed by atoms with Crippen molar-refractivity contribution >= 4 is 64.8 Å². The van der Waals surface area contributed by atoms with Crippen LogP contribution in [0.3, 0.4) is 0 Å². The lowest BCUT2D eigenvalue weighted by molar-refractivity contribution is 0.619. The van der Waals surface area contributed by atoms with Crippen molar-refractivity contribution in [2.45, 2.75) is 19.4 Å². The fraction of sp³-hybridized carbons (Fsp3) is 0.500. The molecule has 0 saturated heterocycles. The Morgan fingerprint density at radius 1 is 1.24 bits per heavy atom. The number of hydrogen-bond donors (Lipinski definition) is 1. The van der Waals surface area contributed by atoms with Crippen LogP contribution < -0.4 is 10.2 Å². The molecule has 4 nitrogen and oxygen atoms in total. The first-order valence-corrected chi connectivity index (χ1v) is 9.35. The van der Waals surface area contributed by atoms with Crippen LogP contribution in [0.1, 0.15) is 12.0 Å². The van der Waals surface area contributed by atoms with Gasteiger partial charge < -0.3 is 14.8 Å². The topological polar surface area (TPSA) is 33.1 Å². The van der Waals surface area contributed by atoms with Crippen molar-refractivity contribution in [3.63, 3.8) is 0 Å². The van der Waals surface area contributed by atoms with Crippen LogP contribution in [0, 0.1) is 0 Å². The standard InChI is InChI=1S/C14H17Br3N4/c1-18-5-7-20(2)14-19-12-11(17)10(16)9(15)8-4-3-6-21(14)13(8)12/h18H,3-7H2,1-2H3. The van der Waals surface area contributed by atoms with E-state index < -0.39 is 0 Å². The fourth-order valence-corrected chi connectivity index (χ4v) is 4.61. The number of benzene rings is 1. The highest BCUT2D eigenvalue weighted by Crippen LogP contribution is 2.44. The zero-order valence-electron chi connectivity index (χ0n) is 12.0. The molecular weight excluding hydrogens is 464 g/mol. The van der Waals surface area contributed by atoms with Crippen LogP contribution in [0.15, 0.2) is 13.4 Å². The van der Waals surface area contributed by atoms with Crippen LogP contribution in [0.25, 0.3) is 11.0 Å². The quantitative estimate of drug-likeness (QED) is 0.673. The van der Waals surface area contributed by atoms with Crippen LogP contribution in [0.2, 0.25) is 0 Å². The van der Waals surface area contributed by atoms with Gasteiger partial charge in [-0.05, 0) is 73.2 Å². The summed E-state index contributed by atoms with van der Waals surface area (Å²) in [6, 6.07) is 0. The van der Waals surface area contributed by atoms with Crippen molar-refractivity contribution < 1.29 is 0 Å². The summed E-state index contributed by atoms with van der Waals surface area (Å²) in [7, 11) is 4.08. The predicted molar refractivity (Wildman–Crippen MR) is 98.4 cm³/mol. The van der Waals surface area contributed by atoms with Gasteiger partial charge in [0, 0.05) is 35.6 Å². The van der Waals surface area contributed by atoms with Crippen molar-refractivity contribution in [1.82, 2.24) is 14.9 Å². The second-order valence-electron chi connectivity index (χ2n) is 5.31. The Morgan fingerprint density at radius 3 is 2.71 bits per heavy atom. The zero-order chi connectivity index (χ0) is 15.1. The number of nitrogens with zero attached hydrogens (tertiary/aromatic N) is 3. The van der Waals surface area contributed by atoms with Crippen LogP contribution in [-0.2, 0) is 13.0 Å². The fourth-order valence-electron chi connectivity index (χ4n) is 2.86. The summed E-state index contributed by atoms with van der Waals surface area (Å²) in [5, 5.41) is 3.19. The summed E-state index contributed by atoms with van der Waals surface area (Å²) in [6.07, 6.45) is 2.24. The van der Waals surface area contributed by atoms with Gasteiger partial charge in [0.05, 0.1) is 9.99 Å². The van der Waals surface area contributed by atoms with Gasteiger partial charge in [-0.2, -0.15) is 0 Å². The average Bonchev–Trinajstić information content (AvgIpc) is 2.89. The molecule has 2 aromatic rings. The molecule has 0 amide bonds. The van der Waals surface area contributed by atoms with Crippen LogP contribution in [0.5, 0.6) is 0 Å². The number of aromatic nitrogens is 2. The number of imidazole rings is 1. The molecule has 114 valence electrons. The molecule has 1 aromatic carbocycles. The number of halogens is 3. The molecule has 1 aliphatic heterocycles. The van der Waals surface area contributed by atoms with Crippen molar-refractivity contribution in [2.75, 3.05) is 32.1 Å². The third-order valence-electron chi connectivity index (χ3n) is 3.94. The molecule has 3 rings (SSSR count). The van der Waals surface area contributed by atoms with Gasteiger partial charge in [-0.3, -0.25) is 0 Å². The smallest absolute Gasteiger partial charge is 0.206 e. The van der Waals surface area contributed by atoms with Gasteiger partial charge >= 0.3 is 0 Å². The van der Waals surface area contributed by atoms with E-state index in [0.29, 0.717) is 0 Å². The second kappa shape index (κ2) is 6.18. The van der Waals surface area contributed by atoms with Gasteiger partial charge in [0.1, 0.15) is 5.52 Å². The molecule has 7 heteroatoms. The lowest BCUT2D eigenvalue weighted by Crippen LogP contribution is -2.29. The van der Waals surface area contributed by atoms with E-state index in [1.807, 2.05) is 7.05 Å². The van der Waals surface area contributed by atoms with Gasteiger partial charge in [0.25, 0.3) is 0 Å². The van der Waals surface area contributed by atoms with E-state index in [4.69, 9.17) is 4.98 Å². The summed E-state index contributed by atoms with van der Waals surface area (Å²) in [5.41, 5.74) is 3.66. The molecule has 1 aromatic heterocycles. The Bertz CT molecular complexity index is 696. The Labute approximate surface area is 149 Å². The number of anilines is 1. The molecule has 2 heterocycles. The zero-order valence-corrected chi connectivity index (χ0v) is 16.8. The van der Waals surface area contributed by atoms with Gasteiger partial charge in [-0.15, -0.1) is 0 Å². The number of rotatable bonds is 4. The molecule has 0 atom stereocenters. The minimum absolute atomic E-state index is 0.940. The highest BCUT2D eigenvalue weighted by molar-refractivity contribution is 9.14. The van der Waals surface area contributed by atoms with E-state index >= 15 is 0 Å². The lowest BCUT2D eigenvalue weighted by Gasteiger charge is -2.23.